The average molecular weight is 354 g/mol. The molecule has 1 aromatic rings. The average Bonchev–Trinajstić information content (AvgIpc) is 2.49. The van der Waals surface area contributed by atoms with Gasteiger partial charge in [0.15, 0.2) is 0 Å². The number of amides is 2. The molecule has 134 valence electrons. The maximum atomic E-state index is 12.1. The normalized spacial score (nSPS) is 20.2. The summed E-state index contributed by atoms with van der Waals surface area (Å²) >= 11 is 0. The lowest BCUT2D eigenvalue weighted by Crippen LogP contribution is -2.35. The predicted molar refractivity (Wildman–Crippen MR) is 99.5 cm³/mol. The molecule has 2 unspecified atom stereocenters. The van der Waals surface area contributed by atoms with E-state index >= 15 is 0 Å². The van der Waals surface area contributed by atoms with Crippen molar-refractivity contribution in [2.45, 2.75) is 58.0 Å². The van der Waals surface area contributed by atoms with E-state index in [1.807, 2.05) is 13.8 Å². The molecule has 6 heteroatoms. The highest BCUT2D eigenvalue weighted by atomic mass is 35.5. The van der Waals surface area contributed by atoms with E-state index < -0.39 is 0 Å². The molecule has 1 aromatic carbocycles. The van der Waals surface area contributed by atoms with Crippen molar-refractivity contribution >= 4 is 29.9 Å². The fraction of sp³-hybridized carbons (Fsp3) is 0.556. The molecule has 2 atom stereocenters. The third kappa shape index (κ3) is 6.13. The number of halogens is 1. The van der Waals surface area contributed by atoms with E-state index in [4.69, 9.17) is 5.73 Å². The van der Waals surface area contributed by atoms with Crippen LogP contribution in [0.15, 0.2) is 24.3 Å². The lowest BCUT2D eigenvalue weighted by atomic mass is 9.83. The van der Waals surface area contributed by atoms with Crippen molar-refractivity contribution in [3.8, 4) is 0 Å². The van der Waals surface area contributed by atoms with Crippen LogP contribution in [0.3, 0.4) is 0 Å². The summed E-state index contributed by atoms with van der Waals surface area (Å²) in [5.41, 5.74) is 7.39. The number of hydrogen-bond donors (Lipinski definition) is 3. The standard InChI is InChI=1S/C18H27N3O2.ClH/c1-12(2)20-18(23)13-7-9-15(10-8-13)21-17(22)11-14-5-3-4-6-16(14)19;/h7-10,12,14,16H,3-6,11,19H2,1-2H3,(H,20,23)(H,21,22);1H. The zero-order valence-corrected chi connectivity index (χ0v) is 15.2. The number of nitrogens with one attached hydrogen (secondary N) is 2. The number of carbonyl (C=O) groups excluding carboxylic acids is 2. The molecule has 0 saturated heterocycles. The molecule has 1 saturated carbocycles. The van der Waals surface area contributed by atoms with Crippen molar-refractivity contribution in [2.75, 3.05) is 5.32 Å². The van der Waals surface area contributed by atoms with E-state index in [9.17, 15) is 9.59 Å². The summed E-state index contributed by atoms with van der Waals surface area (Å²) in [6.45, 7) is 3.84. The quantitative estimate of drug-likeness (QED) is 0.760. The van der Waals surface area contributed by atoms with Crippen LogP contribution in [0.5, 0.6) is 0 Å². The molecule has 5 nitrogen and oxygen atoms in total. The molecule has 2 amide bonds. The first-order chi connectivity index (χ1) is 11.0. The minimum Gasteiger partial charge on any atom is -0.350 e. The Hall–Kier alpha value is -1.59. The molecular formula is C18H28ClN3O2. The first-order valence-corrected chi connectivity index (χ1v) is 8.42. The van der Waals surface area contributed by atoms with Gasteiger partial charge in [-0.05, 0) is 56.9 Å². The summed E-state index contributed by atoms with van der Waals surface area (Å²) in [7, 11) is 0. The van der Waals surface area contributed by atoms with E-state index in [1.165, 1.54) is 6.42 Å². The highest BCUT2D eigenvalue weighted by molar-refractivity contribution is 5.96. The maximum absolute atomic E-state index is 12.1. The van der Waals surface area contributed by atoms with Gasteiger partial charge in [0.05, 0.1) is 0 Å². The Labute approximate surface area is 150 Å². The van der Waals surface area contributed by atoms with Crippen LogP contribution in [-0.2, 0) is 4.79 Å². The maximum Gasteiger partial charge on any atom is 0.251 e. The minimum atomic E-state index is -0.106. The second-order valence-corrected chi connectivity index (χ2v) is 6.67. The molecule has 0 radical (unpaired) electrons. The molecule has 2 rings (SSSR count). The van der Waals surface area contributed by atoms with Crippen LogP contribution in [0.25, 0.3) is 0 Å². The van der Waals surface area contributed by atoms with Gasteiger partial charge in [-0.3, -0.25) is 9.59 Å². The number of benzene rings is 1. The topological polar surface area (TPSA) is 84.2 Å². The lowest BCUT2D eigenvalue weighted by molar-refractivity contribution is -0.117. The summed E-state index contributed by atoms with van der Waals surface area (Å²) in [6.07, 6.45) is 4.84. The van der Waals surface area contributed by atoms with Gasteiger partial charge in [-0.25, -0.2) is 0 Å². The van der Waals surface area contributed by atoms with Crippen LogP contribution < -0.4 is 16.4 Å². The highest BCUT2D eigenvalue weighted by Crippen LogP contribution is 2.26. The van der Waals surface area contributed by atoms with E-state index in [0.717, 1.165) is 19.3 Å². The third-order valence-electron chi connectivity index (χ3n) is 4.27. The summed E-state index contributed by atoms with van der Waals surface area (Å²) in [6, 6.07) is 7.19. The van der Waals surface area contributed by atoms with Gasteiger partial charge in [0.25, 0.3) is 5.91 Å². The summed E-state index contributed by atoms with van der Waals surface area (Å²) in [4.78, 5) is 24.0. The number of nitrogens with two attached hydrogens (primary N) is 1. The molecule has 0 aliphatic heterocycles. The van der Waals surface area contributed by atoms with Gasteiger partial charge in [-0.1, -0.05) is 12.8 Å². The molecule has 4 N–H and O–H groups in total. The molecule has 1 fully saturated rings. The first-order valence-electron chi connectivity index (χ1n) is 8.42. The Morgan fingerprint density at radius 3 is 2.38 bits per heavy atom. The fourth-order valence-corrected chi connectivity index (χ4v) is 2.99. The molecule has 24 heavy (non-hydrogen) atoms. The van der Waals surface area contributed by atoms with E-state index in [-0.39, 0.29) is 42.2 Å². The Morgan fingerprint density at radius 1 is 1.17 bits per heavy atom. The SMILES string of the molecule is CC(C)NC(=O)c1ccc(NC(=O)CC2CCCCC2N)cc1.Cl. The van der Waals surface area contributed by atoms with E-state index in [0.29, 0.717) is 17.7 Å². The second kappa shape index (κ2) is 9.64. The molecule has 0 heterocycles. The van der Waals surface area contributed by atoms with Crippen molar-refractivity contribution in [1.29, 1.82) is 0 Å². The van der Waals surface area contributed by atoms with Gasteiger partial charge in [0, 0.05) is 29.8 Å². The first kappa shape index (κ1) is 20.5. The van der Waals surface area contributed by atoms with Crippen molar-refractivity contribution < 1.29 is 9.59 Å². The summed E-state index contributed by atoms with van der Waals surface area (Å²) in [5.74, 6) is 0.164. The Morgan fingerprint density at radius 2 is 1.79 bits per heavy atom. The largest absolute Gasteiger partial charge is 0.350 e. The zero-order valence-electron chi connectivity index (χ0n) is 14.4. The third-order valence-corrected chi connectivity index (χ3v) is 4.27. The van der Waals surface area contributed by atoms with Gasteiger partial charge in [-0.2, -0.15) is 0 Å². The van der Waals surface area contributed by atoms with Gasteiger partial charge >= 0.3 is 0 Å². The van der Waals surface area contributed by atoms with Crippen molar-refractivity contribution in [1.82, 2.24) is 5.32 Å². The van der Waals surface area contributed by atoms with Crippen LogP contribution in [-0.4, -0.2) is 23.9 Å². The van der Waals surface area contributed by atoms with Gasteiger partial charge in [0.2, 0.25) is 5.91 Å². The monoisotopic (exact) mass is 353 g/mol. The Kier molecular flexibility index (Phi) is 8.22. The fourth-order valence-electron chi connectivity index (χ4n) is 2.99. The molecule has 0 aromatic heterocycles. The summed E-state index contributed by atoms with van der Waals surface area (Å²) in [5, 5.41) is 5.73. The van der Waals surface area contributed by atoms with Crippen molar-refractivity contribution in [3.05, 3.63) is 29.8 Å². The molecule has 0 spiro atoms. The lowest BCUT2D eigenvalue weighted by Gasteiger charge is -2.27. The van der Waals surface area contributed by atoms with Crippen molar-refractivity contribution in [2.24, 2.45) is 11.7 Å². The number of anilines is 1. The van der Waals surface area contributed by atoms with E-state index in [2.05, 4.69) is 10.6 Å². The van der Waals surface area contributed by atoms with Crippen LogP contribution in [0.1, 0.15) is 56.3 Å². The molecule has 1 aliphatic carbocycles. The van der Waals surface area contributed by atoms with Crippen LogP contribution >= 0.6 is 12.4 Å². The van der Waals surface area contributed by atoms with Crippen LogP contribution in [0.4, 0.5) is 5.69 Å². The van der Waals surface area contributed by atoms with Crippen LogP contribution in [0.2, 0.25) is 0 Å². The zero-order chi connectivity index (χ0) is 16.8. The highest BCUT2D eigenvalue weighted by Gasteiger charge is 2.24. The minimum absolute atomic E-state index is 0. The number of rotatable bonds is 5. The number of hydrogen-bond acceptors (Lipinski definition) is 3. The molecular weight excluding hydrogens is 326 g/mol. The van der Waals surface area contributed by atoms with Gasteiger partial charge in [-0.15, -0.1) is 12.4 Å². The van der Waals surface area contributed by atoms with E-state index in [1.54, 1.807) is 24.3 Å². The smallest absolute Gasteiger partial charge is 0.251 e. The summed E-state index contributed by atoms with van der Waals surface area (Å²) < 4.78 is 0. The number of carbonyl (C=O) groups is 2. The Balaban J connectivity index is 0.00000288. The van der Waals surface area contributed by atoms with Gasteiger partial charge in [0.1, 0.15) is 0 Å². The van der Waals surface area contributed by atoms with Gasteiger partial charge < -0.3 is 16.4 Å². The second-order valence-electron chi connectivity index (χ2n) is 6.67. The molecule has 0 bridgehead atoms. The van der Waals surface area contributed by atoms with Crippen molar-refractivity contribution in [3.63, 3.8) is 0 Å². The van der Waals surface area contributed by atoms with Crippen LogP contribution in [0, 0.1) is 5.92 Å². The Bertz CT molecular complexity index is 546. The molecule has 1 aliphatic rings. The predicted octanol–water partition coefficient (Wildman–Crippen LogP) is 3.09.